The summed E-state index contributed by atoms with van der Waals surface area (Å²) in [7, 11) is 0. The first-order valence-electron chi connectivity index (χ1n) is 5.93. The second-order valence-corrected chi connectivity index (χ2v) is 5.08. The maximum Gasteiger partial charge on any atom is 1.00 e. The van der Waals surface area contributed by atoms with E-state index in [1.54, 1.807) is 6.20 Å². The van der Waals surface area contributed by atoms with E-state index >= 15 is 0 Å². The Morgan fingerprint density at radius 3 is 2.61 bits per heavy atom. The van der Waals surface area contributed by atoms with Gasteiger partial charge in [-0.05, 0) is 12.1 Å². The second kappa shape index (κ2) is 8.37. The van der Waals surface area contributed by atoms with Gasteiger partial charge in [0.05, 0.1) is 12.4 Å². The van der Waals surface area contributed by atoms with Crippen molar-refractivity contribution in [2.75, 3.05) is 6.54 Å². The fourth-order valence-corrected chi connectivity index (χ4v) is 1.96. The van der Waals surface area contributed by atoms with Gasteiger partial charge in [0, 0.05) is 16.6 Å². The van der Waals surface area contributed by atoms with Crippen molar-refractivity contribution in [1.82, 2.24) is 9.99 Å². The molecule has 3 amide bonds. The molecule has 2 heterocycles. The summed E-state index contributed by atoms with van der Waals surface area (Å²) in [4.78, 5) is 26.2. The Hall–Kier alpha value is -1.52. The molecular formula is C13H10BrN4NaO4. The quantitative estimate of drug-likeness (QED) is 0.378. The molecule has 1 fully saturated rings. The van der Waals surface area contributed by atoms with E-state index in [0.717, 1.165) is 15.0 Å². The second-order valence-electron chi connectivity index (χ2n) is 4.16. The molecule has 0 radical (unpaired) electrons. The van der Waals surface area contributed by atoms with Crippen LogP contribution < -0.4 is 29.6 Å². The zero-order valence-corrected chi connectivity index (χ0v) is 15.6. The van der Waals surface area contributed by atoms with E-state index in [-0.39, 0.29) is 47.5 Å². The minimum Gasteiger partial charge on any atom is -0.435 e. The van der Waals surface area contributed by atoms with Crippen LogP contribution >= 0.6 is 15.9 Å². The van der Waals surface area contributed by atoms with E-state index in [2.05, 4.69) is 31.3 Å². The first kappa shape index (κ1) is 19.5. The standard InChI is InChI=1S/C13H9BrN4O3.Na.H2O/c14-9-3-1-8(2-4-9)10-5-15-12(21-10)6-16-18-7-11(19)17-13(18)20;;/h1-6H,7H2,(H,17,19,20);;1H2/q;+1;/p-1. The molecule has 114 valence electrons. The molecule has 2 N–H and O–H groups in total. The van der Waals surface area contributed by atoms with Crippen molar-refractivity contribution in [2.45, 2.75) is 0 Å². The van der Waals surface area contributed by atoms with Crippen molar-refractivity contribution >= 4 is 34.1 Å². The average Bonchev–Trinajstić information content (AvgIpc) is 3.04. The van der Waals surface area contributed by atoms with Crippen LogP contribution in [-0.4, -0.2) is 40.2 Å². The van der Waals surface area contributed by atoms with Gasteiger partial charge in [0.1, 0.15) is 0 Å². The number of halogens is 1. The summed E-state index contributed by atoms with van der Waals surface area (Å²) in [6, 6.07) is 6.86. The van der Waals surface area contributed by atoms with Crippen molar-refractivity contribution in [3.05, 3.63) is 46.1 Å². The summed E-state index contributed by atoms with van der Waals surface area (Å²) >= 11 is 3.35. The Morgan fingerprint density at radius 2 is 2.00 bits per heavy atom. The number of rotatable bonds is 3. The maximum atomic E-state index is 11.2. The van der Waals surface area contributed by atoms with Crippen LogP contribution in [0.3, 0.4) is 0 Å². The molecule has 8 nitrogen and oxygen atoms in total. The first-order valence-corrected chi connectivity index (χ1v) is 6.73. The molecule has 0 aliphatic carbocycles. The summed E-state index contributed by atoms with van der Waals surface area (Å²) in [5.74, 6) is 0.303. The number of imide groups is 1. The predicted molar refractivity (Wildman–Crippen MR) is 81.3 cm³/mol. The SMILES string of the molecule is O.O=C1CN(N=Cc2ncc(-c3ccc(Br)cc3)o2)C(=O)[N-]1.[Na+]. The minimum absolute atomic E-state index is 0. The predicted octanol–water partition coefficient (Wildman–Crippen LogP) is -1.05. The Labute approximate surface area is 161 Å². The Kier molecular flexibility index (Phi) is 7.10. The molecule has 3 rings (SSSR count). The van der Waals surface area contributed by atoms with Gasteiger partial charge in [0.25, 0.3) is 0 Å². The number of amides is 3. The number of nitrogens with zero attached hydrogens (tertiary/aromatic N) is 4. The molecular weight excluding hydrogens is 379 g/mol. The number of urea groups is 1. The van der Waals surface area contributed by atoms with Gasteiger partial charge in [-0.1, -0.05) is 28.1 Å². The minimum atomic E-state index is -0.684. The van der Waals surface area contributed by atoms with Crippen LogP contribution in [0.4, 0.5) is 4.79 Å². The number of hydrogen-bond acceptors (Lipinski definition) is 5. The third kappa shape index (κ3) is 4.72. The molecule has 1 aliphatic heterocycles. The average molecular weight is 389 g/mol. The van der Waals surface area contributed by atoms with Crippen LogP contribution in [0.25, 0.3) is 16.6 Å². The zero-order chi connectivity index (χ0) is 14.8. The molecule has 0 spiro atoms. The van der Waals surface area contributed by atoms with Gasteiger partial charge in [-0.25, -0.2) is 4.98 Å². The smallest absolute Gasteiger partial charge is 0.435 e. The van der Waals surface area contributed by atoms with E-state index in [0.29, 0.717) is 5.76 Å². The fraction of sp³-hybridized carbons (Fsp3) is 0.0769. The molecule has 1 saturated heterocycles. The van der Waals surface area contributed by atoms with Gasteiger partial charge >= 0.3 is 29.6 Å². The van der Waals surface area contributed by atoms with Crippen LogP contribution in [0, 0.1) is 0 Å². The molecule has 0 saturated carbocycles. The van der Waals surface area contributed by atoms with E-state index in [4.69, 9.17) is 4.42 Å². The molecule has 1 aromatic heterocycles. The number of oxazole rings is 1. The van der Waals surface area contributed by atoms with Crippen LogP contribution in [0.2, 0.25) is 0 Å². The van der Waals surface area contributed by atoms with Crippen molar-refractivity contribution in [2.24, 2.45) is 5.10 Å². The van der Waals surface area contributed by atoms with E-state index in [1.807, 2.05) is 24.3 Å². The van der Waals surface area contributed by atoms with Crippen molar-refractivity contribution < 1.29 is 49.0 Å². The summed E-state index contributed by atoms with van der Waals surface area (Å²) < 4.78 is 6.47. The number of hydrogen-bond donors (Lipinski definition) is 0. The molecule has 1 aromatic carbocycles. The number of carbonyl (C=O) groups excluding carboxylic acids is 2. The van der Waals surface area contributed by atoms with E-state index in [1.165, 1.54) is 6.21 Å². The molecule has 0 bridgehead atoms. The van der Waals surface area contributed by atoms with Gasteiger partial charge in [0.15, 0.2) is 17.7 Å². The zero-order valence-electron chi connectivity index (χ0n) is 12.1. The maximum absolute atomic E-state index is 11.2. The Morgan fingerprint density at radius 1 is 1.30 bits per heavy atom. The molecule has 10 heteroatoms. The van der Waals surface area contributed by atoms with Crippen molar-refractivity contribution in [1.29, 1.82) is 0 Å². The summed E-state index contributed by atoms with van der Waals surface area (Å²) in [6.07, 6.45) is 2.83. The third-order valence-corrected chi connectivity index (χ3v) is 3.21. The molecule has 2 aromatic rings. The normalized spacial score (nSPS) is 13.7. The van der Waals surface area contributed by atoms with Crippen LogP contribution in [0.1, 0.15) is 5.89 Å². The van der Waals surface area contributed by atoms with Gasteiger partial charge in [-0.3, -0.25) is 14.7 Å². The summed E-state index contributed by atoms with van der Waals surface area (Å²) in [5, 5.41) is 8.00. The molecule has 0 atom stereocenters. The molecule has 1 aliphatic rings. The van der Waals surface area contributed by atoms with Crippen LogP contribution in [0.15, 0.2) is 44.5 Å². The van der Waals surface area contributed by atoms with E-state index in [9.17, 15) is 9.59 Å². The number of hydrazone groups is 1. The monoisotopic (exact) mass is 388 g/mol. The van der Waals surface area contributed by atoms with Gasteiger partial charge in [-0.15, -0.1) is 0 Å². The topological polar surface area (TPSA) is 121 Å². The third-order valence-electron chi connectivity index (χ3n) is 2.69. The van der Waals surface area contributed by atoms with Gasteiger partial charge < -0.3 is 20.2 Å². The first-order chi connectivity index (χ1) is 10.1. The van der Waals surface area contributed by atoms with E-state index < -0.39 is 11.9 Å². The largest absolute Gasteiger partial charge is 1.00 e. The Balaban J connectivity index is 0.00000132. The van der Waals surface area contributed by atoms with Crippen molar-refractivity contribution in [3.63, 3.8) is 0 Å². The number of aromatic nitrogens is 1. The van der Waals surface area contributed by atoms with Gasteiger partial charge in [-0.2, -0.15) is 0 Å². The summed E-state index contributed by atoms with van der Waals surface area (Å²) in [6.45, 7) is -0.157. The molecule has 0 unspecified atom stereocenters. The Bertz CT molecular complexity index is 732. The summed E-state index contributed by atoms with van der Waals surface area (Å²) in [5.41, 5.74) is 0.868. The fourth-order valence-electron chi connectivity index (χ4n) is 1.70. The molecule has 23 heavy (non-hydrogen) atoms. The number of carbonyl (C=O) groups is 2. The van der Waals surface area contributed by atoms with Crippen LogP contribution in [0.5, 0.6) is 0 Å². The van der Waals surface area contributed by atoms with Crippen molar-refractivity contribution in [3.8, 4) is 11.3 Å². The van der Waals surface area contributed by atoms with Gasteiger partial charge in [0.2, 0.25) is 5.89 Å². The number of benzene rings is 1. The van der Waals surface area contributed by atoms with Crippen LogP contribution in [-0.2, 0) is 4.79 Å².